The van der Waals surface area contributed by atoms with Crippen molar-refractivity contribution in [2.45, 2.75) is 44.7 Å². The Balaban J connectivity index is 1.53. The number of benzene rings is 1. The van der Waals surface area contributed by atoms with Gasteiger partial charge in [0.25, 0.3) is 5.91 Å². The number of para-hydroxylation sites is 1. The van der Waals surface area contributed by atoms with E-state index < -0.39 is 0 Å². The van der Waals surface area contributed by atoms with Crippen molar-refractivity contribution in [1.29, 1.82) is 0 Å². The average Bonchev–Trinajstić information content (AvgIpc) is 3.34. The smallest absolute Gasteiger partial charge is 0.253 e. The van der Waals surface area contributed by atoms with Crippen molar-refractivity contribution in [2.24, 2.45) is 0 Å². The van der Waals surface area contributed by atoms with Crippen molar-refractivity contribution in [3.05, 3.63) is 60.3 Å². The van der Waals surface area contributed by atoms with Gasteiger partial charge in [-0.15, -0.1) is 0 Å². The highest BCUT2D eigenvalue weighted by molar-refractivity contribution is 5.98. The Morgan fingerprint density at radius 3 is 2.71 bits per heavy atom. The van der Waals surface area contributed by atoms with E-state index >= 15 is 0 Å². The lowest BCUT2D eigenvalue weighted by atomic mass is 9.95. The number of rotatable bonds is 5. The molecular formula is C20H23N7O. The topological polar surface area (TPSA) is 97.6 Å². The van der Waals surface area contributed by atoms with Gasteiger partial charge in [-0.25, -0.2) is 4.98 Å². The van der Waals surface area contributed by atoms with E-state index in [1.165, 1.54) is 4.80 Å². The Kier molecular flexibility index (Phi) is 4.77. The fraction of sp³-hybridized carbons (Fsp3) is 0.350. The zero-order valence-corrected chi connectivity index (χ0v) is 16.0. The zero-order valence-electron chi connectivity index (χ0n) is 16.0. The maximum absolute atomic E-state index is 13.1. The fourth-order valence-electron chi connectivity index (χ4n) is 3.71. The third-order valence-electron chi connectivity index (χ3n) is 5.24. The molecule has 8 heteroatoms. The normalized spacial score (nSPS) is 21.4. The van der Waals surface area contributed by atoms with Crippen LogP contribution in [0.15, 0.2) is 49.1 Å². The Bertz CT molecular complexity index is 955. The van der Waals surface area contributed by atoms with Gasteiger partial charge in [0.2, 0.25) is 0 Å². The summed E-state index contributed by atoms with van der Waals surface area (Å²) in [4.78, 5) is 23.2. The van der Waals surface area contributed by atoms with Crippen LogP contribution in [-0.4, -0.2) is 42.4 Å². The summed E-state index contributed by atoms with van der Waals surface area (Å²) >= 11 is 0. The zero-order chi connectivity index (χ0) is 19.6. The van der Waals surface area contributed by atoms with E-state index in [1.807, 2.05) is 25.1 Å². The molecule has 1 aromatic carbocycles. The number of hydrogen-bond donors (Lipinski definition) is 2. The van der Waals surface area contributed by atoms with Gasteiger partial charge in [0, 0.05) is 0 Å². The molecule has 0 bridgehead atoms. The average molecular weight is 377 g/mol. The first kappa shape index (κ1) is 18.1. The summed E-state index contributed by atoms with van der Waals surface area (Å²) < 4.78 is 0. The molecule has 4 rings (SSSR count). The number of aromatic nitrogens is 5. The first-order valence-corrected chi connectivity index (χ1v) is 9.38. The van der Waals surface area contributed by atoms with E-state index in [0.717, 1.165) is 30.8 Å². The molecule has 8 nitrogen and oxygen atoms in total. The summed E-state index contributed by atoms with van der Waals surface area (Å²) in [6, 6.07) is 7.31. The molecule has 0 unspecified atom stereocenters. The van der Waals surface area contributed by atoms with Gasteiger partial charge in [0.15, 0.2) is 0 Å². The van der Waals surface area contributed by atoms with Crippen molar-refractivity contribution in [3.8, 4) is 5.69 Å². The van der Waals surface area contributed by atoms with Gasteiger partial charge in [-0.05, 0) is 45.2 Å². The molecular weight excluding hydrogens is 354 g/mol. The molecule has 1 aliphatic carbocycles. The van der Waals surface area contributed by atoms with E-state index in [4.69, 9.17) is 0 Å². The summed E-state index contributed by atoms with van der Waals surface area (Å²) in [7, 11) is 0. The van der Waals surface area contributed by atoms with Crippen LogP contribution in [0.5, 0.6) is 0 Å². The number of anilines is 1. The predicted molar refractivity (Wildman–Crippen MR) is 105 cm³/mol. The Morgan fingerprint density at radius 2 is 1.96 bits per heavy atom. The summed E-state index contributed by atoms with van der Waals surface area (Å²) in [5, 5.41) is 15.0. The molecule has 1 amide bonds. The highest BCUT2D eigenvalue weighted by Crippen LogP contribution is 2.33. The van der Waals surface area contributed by atoms with Crippen LogP contribution in [-0.2, 0) is 0 Å². The molecule has 1 saturated carbocycles. The largest absolute Gasteiger partial charge is 0.362 e. The van der Waals surface area contributed by atoms with Crippen LogP contribution in [0.2, 0.25) is 0 Å². The van der Waals surface area contributed by atoms with Crippen LogP contribution in [0.3, 0.4) is 0 Å². The summed E-state index contributed by atoms with van der Waals surface area (Å²) in [6.07, 6.45) is 9.52. The van der Waals surface area contributed by atoms with Crippen molar-refractivity contribution >= 4 is 11.7 Å². The Labute approximate surface area is 163 Å². The molecule has 0 radical (unpaired) electrons. The van der Waals surface area contributed by atoms with Crippen molar-refractivity contribution in [1.82, 2.24) is 30.3 Å². The minimum absolute atomic E-state index is 0.0262. The van der Waals surface area contributed by atoms with Gasteiger partial charge in [0.1, 0.15) is 5.82 Å². The molecule has 0 spiro atoms. The lowest BCUT2D eigenvalue weighted by Gasteiger charge is -2.33. The van der Waals surface area contributed by atoms with Crippen molar-refractivity contribution < 1.29 is 4.79 Å². The molecule has 1 aliphatic rings. The van der Waals surface area contributed by atoms with Gasteiger partial charge in [-0.3, -0.25) is 9.78 Å². The van der Waals surface area contributed by atoms with Crippen LogP contribution >= 0.6 is 0 Å². The van der Waals surface area contributed by atoms with Gasteiger partial charge in [-0.1, -0.05) is 12.1 Å². The maximum atomic E-state index is 13.1. The maximum Gasteiger partial charge on any atom is 0.253 e. The Morgan fingerprint density at radius 1 is 1.18 bits per heavy atom. The van der Waals surface area contributed by atoms with Gasteiger partial charge in [-0.2, -0.15) is 15.0 Å². The summed E-state index contributed by atoms with van der Waals surface area (Å²) in [5.74, 6) is 0.582. The number of carbonyl (C=O) groups is 1. The number of carbonyl (C=O) groups excluding carboxylic acids is 1. The molecule has 28 heavy (non-hydrogen) atoms. The third kappa shape index (κ3) is 3.58. The quantitative estimate of drug-likeness (QED) is 0.709. The highest BCUT2D eigenvalue weighted by Gasteiger charge is 2.40. The van der Waals surface area contributed by atoms with Crippen LogP contribution in [0.1, 0.15) is 42.2 Å². The second kappa shape index (κ2) is 7.38. The molecule has 0 saturated heterocycles. The van der Waals surface area contributed by atoms with Gasteiger partial charge in [0.05, 0.1) is 53.3 Å². The van der Waals surface area contributed by atoms with Gasteiger partial charge >= 0.3 is 0 Å². The minimum Gasteiger partial charge on any atom is -0.362 e. The molecule has 2 aromatic heterocycles. The number of nitrogens with one attached hydrogen (secondary N) is 2. The third-order valence-corrected chi connectivity index (χ3v) is 5.24. The monoisotopic (exact) mass is 377 g/mol. The van der Waals surface area contributed by atoms with E-state index in [2.05, 4.69) is 37.7 Å². The highest BCUT2D eigenvalue weighted by atomic mass is 16.1. The second-order valence-electron chi connectivity index (χ2n) is 7.34. The molecule has 1 fully saturated rings. The number of amides is 1. The van der Waals surface area contributed by atoms with E-state index in [1.54, 1.807) is 30.9 Å². The van der Waals surface area contributed by atoms with Crippen molar-refractivity contribution in [2.75, 3.05) is 5.32 Å². The number of aryl methyl sites for hydroxylation is 1. The van der Waals surface area contributed by atoms with Gasteiger partial charge < -0.3 is 10.6 Å². The van der Waals surface area contributed by atoms with E-state index in [-0.39, 0.29) is 17.5 Å². The summed E-state index contributed by atoms with van der Waals surface area (Å²) in [6.45, 7) is 4.02. The van der Waals surface area contributed by atoms with Crippen LogP contribution in [0.4, 0.5) is 5.82 Å². The SMILES string of the molecule is Cc1cnc(N[C@@]2(C)CCC[C@H]2NC(=O)c2ccccc2-n2nccn2)cn1. The van der Waals surface area contributed by atoms with Crippen LogP contribution < -0.4 is 10.6 Å². The minimum atomic E-state index is -0.293. The standard InChI is InChI=1S/C20H23N7O/c1-14-12-22-18(13-21-14)26-20(2)9-5-8-17(20)25-19(28)15-6-3-4-7-16(15)27-23-10-11-24-27/h3-4,6-7,10-13,17H,5,8-9H2,1-2H3,(H,22,26)(H,25,28)/t17-,20+/m1/s1. The van der Waals surface area contributed by atoms with E-state index in [9.17, 15) is 4.79 Å². The number of nitrogens with zero attached hydrogens (tertiary/aromatic N) is 5. The fourth-order valence-corrected chi connectivity index (χ4v) is 3.71. The lowest BCUT2D eigenvalue weighted by Crippen LogP contribution is -2.52. The molecule has 144 valence electrons. The second-order valence-corrected chi connectivity index (χ2v) is 7.34. The van der Waals surface area contributed by atoms with Crippen molar-refractivity contribution in [3.63, 3.8) is 0 Å². The van der Waals surface area contributed by atoms with Crippen LogP contribution in [0.25, 0.3) is 5.69 Å². The first-order valence-electron chi connectivity index (χ1n) is 9.38. The van der Waals surface area contributed by atoms with E-state index in [0.29, 0.717) is 11.3 Å². The number of hydrogen-bond acceptors (Lipinski definition) is 6. The lowest BCUT2D eigenvalue weighted by molar-refractivity contribution is 0.0926. The molecule has 2 heterocycles. The van der Waals surface area contributed by atoms with Crippen LogP contribution in [0, 0.1) is 6.92 Å². The summed E-state index contributed by atoms with van der Waals surface area (Å²) in [5.41, 5.74) is 1.78. The predicted octanol–water partition coefficient (Wildman–Crippen LogP) is 2.52. The Hall–Kier alpha value is -3.29. The molecule has 0 aliphatic heterocycles. The molecule has 2 N–H and O–H groups in total. The molecule has 3 aromatic rings. The first-order chi connectivity index (χ1) is 13.5. The molecule has 2 atom stereocenters.